The third kappa shape index (κ3) is 2.13. The first-order chi connectivity index (χ1) is 7.58. The zero-order valence-corrected chi connectivity index (χ0v) is 9.69. The maximum absolute atomic E-state index is 13.6. The maximum Gasteiger partial charge on any atom is 0.133 e. The average molecular weight is 256 g/mol. The lowest BCUT2D eigenvalue weighted by Gasteiger charge is -2.08. The molecule has 2 aromatic rings. The molecular formula is C12H8Cl2FN. The third-order valence-electron chi connectivity index (χ3n) is 2.20. The number of benzene rings is 2. The van der Waals surface area contributed by atoms with Gasteiger partial charge in [0, 0.05) is 21.3 Å². The first-order valence-electron chi connectivity index (χ1n) is 4.58. The molecule has 0 radical (unpaired) electrons. The highest BCUT2D eigenvalue weighted by Gasteiger charge is 2.10. The predicted molar refractivity (Wildman–Crippen MR) is 66.3 cm³/mol. The number of hydrogen-bond acceptors (Lipinski definition) is 1. The first-order valence-corrected chi connectivity index (χ1v) is 5.34. The molecule has 0 fully saturated rings. The lowest BCUT2D eigenvalue weighted by Crippen LogP contribution is -1.93. The van der Waals surface area contributed by atoms with Gasteiger partial charge in [-0.15, -0.1) is 0 Å². The van der Waals surface area contributed by atoms with Crippen LogP contribution in [0.1, 0.15) is 0 Å². The Morgan fingerprint density at radius 3 is 2.19 bits per heavy atom. The van der Waals surface area contributed by atoms with E-state index in [1.807, 2.05) is 0 Å². The Hall–Kier alpha value is -1.25. The van der Waals surface area contributed by atoms with Crippen LogP contribution in [0.2, 0.25) is 10.0 Å². The molecule has 0 atom stereocenters. The normalized spacial score (nSPS) is 10.4. The monoisotopic (exact) mass is 255 g/mol. The molecular weight excluding hydrogens is 248 g/mol. The zero-order chi connectivity index (χ0) is 11.7. The van der Waals surface area contributed by atoms with Crippen molar-refractivity contribution >= 4 is 28.9 Å². The summed E-state index contributed by atoms with van der Waals surface area (Å²) in [6, 6.07) is 9.38. The van der Waals surface area contributed by atoms with Gasteiger partial charge in [-0.25, -0.2) is 4.39 Å². The fourth-order valence-electron chi connectivity index (χ4n) is 1.54. The maximum atomic E-state index is 13.6. The number of nitrogens with two attached hydrogens (primary N) is 1. The molecule has 0 aromatic heterocycles. The molecule has 1 nitrogen and oxygen atoms in total. The number of nitrogen functional groups attached to an aromatic ring is 1. The van der Waals surface area contributed by atoms with Gasteiger partial charge < -0.3 is 5.73 Å². The average Bonchev–Trinajstić information content (AvgIpc) is 2.15. The van der Waals surface area contributed by atoms with Crippen molar-refractivity contribution in [1.29, 1.82) is 0 Å². The van der Waals surface area contributed by atoms with E-state index in [1.54, 1.807) is 30.3 Å². The highest BCUT2D eigenvalue weighted by atomic mass is 35.5. The number of rotatable bonds is 1. The zero-order valence-electron chi connectivity index (χ0n) is 8.18. The van der Waals surface area contributed by atoms with Crippen LogP contribution in [0.4, 0.5) is 10.1 Å². The van der Waals surface area contributed by atoms with Crippen molar-refractivity contribution in [3.8, 4) is 11.1 Å². The minimum absolute atomic E-state index is 0.326. The summed E-state index contributed by atoms with van der Waals surface area (Å²) in [6.07, 6.45) is 0. The Bertz CT molecular complexity index is 500. The molecule has 82 valence electrons. The predicted octanol–water partition coefficient (Wildman–Crippen LogP) is 4.38. The molecule has 0 unspecified atom stereocenters. The van der Waals surface area contributed by atoms with Crippen LogP contribution in [-0.4, -0.2) is 0 Å². The molecule has 0 aliphatic heterocycles. The minimum atomic E-state index is -0.390. The van der Waals surface area contributed by atoms with Crippen LogP contribution in [0.15, 0.2) is 36.4 Å². The summed E-state index contributed by atoms with van der Waals surface area (Å²) in [5.74, 6) is -0.390. The highest BCUT2D eigenvalue weighted by Crippen LogP contribution is 2.32. The van der Waals surface area contributed by atoms with Gasteiger partial charge in [0.25, 0.3) is 0 Å². The van der Waals surface area contributed by atoms with Gasteiger partial charge in [-0.05, 0) is 35.9 Å². The Morgan fingerprint density at radius 1 is 1.00 bits per heavy atom. The van der Waals surface area contributed by atoms with E-state index in [4.69, 9.17) is 28.9 Å². The van der Waals surface area contributed by atoms with E-state index in [1.165, 1.54) is 6.07 Å². The van der Waals surface area contributed by atoms with Crippen LogP contribution in [0.5, 0.6) is 0 Å². The topological polar surface area (TPSA) is 26.0 Å². The Balaban J connectivity index is 2.67. The molecule has 2 aromatic carbocycles. The summed E-state index contributed by atoms with van der Waals surface area (Å²) in [4.78, 5) is 0. The second kappa shape index (κ2) is 4.32. The molecule has 0 saturated carbocycles. The van der Waals surface area contributed by atoms with E-state index in [0.29, 0.717) is 26.9 Å². The second-order valence-corrected chi connectivity index (χ2v) is 4.24. The molecule has 4 heteroatoms. The molecule has 0 aliphatic rings. The van der Waals surface area contributed by atoms with Crippen LogP contribution < -0.4 is 5.73 Å². The van der Waals surface area contributed by atoms with Crippen molar-refractivity contribution in [1.82, 2.24) is 0 Å². The van der Waals surface area contributed by atoms with Gasteiger partial charge in [0.1, 0.15) is 5.82 Å². The van der Waals surface area contributed by atoms with Gasteiger partial charge in [-0.1, -0.05) is 29.3 Å². The van der Waals surface area contributed by atoms with Crippen molar-refractivity contribution < 1.29 is 4.39 Å². The van der Waals surface area contributed by atoms with Crippen LogP contribution in [0.3, 0.4) is 0 Å². The summed E-state index contributed by atoms with van der Waals surface area (Å²) in [5, 5.41) is 0.898. The highest BCUT2D eigenvalue weighted by molar-refractivity contribution is 6.35. The van der Waals surface area contributed by atoms with Crippen LogP contribution in [0, 0.1) is 5.82 Å². The molecule has 0 amide bonds. The van der Waals surface area contributed by atoms with Crippen LogP contribution in [0.25, 0.3) is 11.1 Å². The van der Waals surface area contributed by atoms with Crippen molar-refractivity contribution in [2.45, 2.75) is 0 Å². The molecule has 0 bridgehead atoms. The van der Waals surface area contributed by atoms with Gasteiger partial charge in [-0.2, -0.15) is 0 Å². The van der Waals surface area contributed by atoms with E-state index in [2.05, 4.69) is 0 Å². The number of hydrogen-bond donors (Lipinski definition) is 1. The summed E-state index contributed by atoms with van der Waals surface area (Å²) in [7, 11) is 0. The Kier molecular flexibility index (Phi) is 3.03. The summed E-state index contributed by atoms with van der Waals surface area (Å²) < 4.78 is 13.6. The summed E-state index contributed by atoms with van der Waals surface area (Å²) in [5.41, 5.74) is 6.99. The SMILES string of the molecule is Nc1cccc(F)c1-c1cc(Cl)cc(Cl)c1. The van der Waals surface area contributed by atoms with E-state index < -0.39 is 5.82 Å². The van der Waals surface area contributed by atoms with Gasteiger partial charge >= 0.3 is 0 Å². The molecule has 0 saturated heterocycles. The summed E-state index contributed by atoms with van der Waals surface area (Å²) in [6.45, 7) is 0. The second-order valence-electron chi connectivity index (χ2n) is 3.36. The van der Waals surface area contributed by atoms with E-state index in [9.17, 15) is 4.39 Å². The molecule has 0 aliphatic carbocycles. The van der Waals surface area contributed by atoms with E-state index >= 15 is 0 Å². The van der Waals surface area contributed by atoms with Crippen molar-refractivity contribution in [3.63, 3.8) is 0 Å². The van der Waals surface area contributed by atoms with Crippen molar-refractivity contribution in [3.05, 3.63) is 52.3 Å². The first kappa shape index (κ1) is 11.2. The van der Waals surface area contributed by atoms with Gasteiger partial charge in [0.2, 0.25) is 0 Å². The largest absolute Gasteiger partial charge is 0.398 e. The van der Waals surface area contributed by atoms with E-state index in [-0.39, 0.29) is 0 Å². The fourth-order valence-corrected chi connectivity index (χ4v) is 2.07. The standard InChI is InChI=1S/C12H8Cl2FN/c13-8-4-7(5-9(14)6-8)12-10(15)2-1-3-11(12)16/h1-6H,16H2. The summed E-state index contributed by atoms with van der Waals surface area (Å²) >= 11 is 11.7. The van der Waals surface area contributed by atoms with Gasteiger partial charge in [0.15, 0.2) is 0 Å². The molecule has 16 heavy (non-hydrogen) atoms. The molecule has 0 heterocycles. The number of anilines is 1. The Morgan fingerprint density at radius 2 is 1.62 bits per heavy atom. The van der Waals surface area contributed by atoms with Gasteiger partial charge in [-0.3, -0.25) is 0 Å². The van der Waals surface area contributed by atoms with Crippen LogP contribution in [-0.2, 0) is 0 Å². The lowest BCUT2D eigenvalue weighted by molar-refractivity contribution is 0.632. The fraction of sp³-hybridized carbons (Fsp3) is 0. The quantitative estimate of drug-likeness (QED) is 0.752. The molecule has 2 rings (SSSR count). The third-order valence-corrected chi connectivity index (χ3v) is 2.63. The van der Waals surface area contributed by atoms with Crippen molar-refractivity contribution in [2.24, 2.45) is 0 Å². The number of halogens is 3. The lowest BCUT2D eigenvalue weighted by atomic mass is 10.0. The van der Waals surface area contributed by atoms with Crippen molar-refractivity contribution in [2.75, 3.05) is 5.73 Å². The van der Waals surface area contributed by atoms with E-state index in [0.717, 1.165) is 0 Å². The Labute approximate surface area is 103 Å². The molecule has 2 N–H and O–H groups in total. The minimum Gasteiger partial charge on any atom is -0.398 e. The smallest absolute Gasteiger partial charge is 0.133 e. The van der Waals surface area contributed by atoms with Crippen LogP contribution >= 0.6 is 23.2 Å². The molecule has 0 spiro atoms. The van der Waals surface area contributed by atoms with Gasteiger partial charge in [0.05, 0.1) is 0 Å².